The topological polar surface area (TPSA) is 66.5 Å². The van der Waals surface area contributed by atoms with Crippen LogP contribution in [0.25, 0.3) is 0 Å². The minimum atomic E-state index is -0.657. The number of benzene rings is 1. The molecule has 2 unspecified atom stereocenters. The molecule has 0 aromatic heterocycles. The summed E-state index contributed by atoms with van der Waals surface area (Å²) in [6.07, 6.45) is 10.1. The zero-order valence-electron chi connectivity index (χ0n) is 21.9. The van der Waals surface area contributed by atoms with Gasteiger partial charge in [0.1, 0.15) is 5.82 Å². The third-order valence-corrected chi connectivity index (χ3v) is 10.4. The van der Waals surface area contributed by atoms with Crippen LogP contribution in [0.5, 0.6) is 0 Å². The van der Waals surface area contributed by atoms with E-state index in [9.17, 15) is 14.4 Å². The van der Waals surface area contributed by atoms with Gasteiger partial charge in [-0.15, -0.1) is 0 Å². The van der Waals surface area contributed by atoms with Crippen LogP contribution in [0.15, 0.2) is 30.4 Å². The molecule has 1 heterocycles. The summed E-state index contributed by atoms with van der Waals surface area (Å²) >= 11 is 0. The first-order valence-electron chi connectivity index (χ1n) is 14.4. The highest BCUT2D eigenvalue weighted by molar-refractivity contribution is 6.03. The van der Waals surface area contributed by atoms with E-state index >= 15 is 4.39 Å². The second kappa shape index (κ2) is 9.36. The molecule has 7 rings (SSSR count). The molecule has 4 atom stereocenters. The third kappa shape index (κ3) is 4.15. The molecule has 6 aliphatic rings. The van der Waals surface area contributed by atoms with Crippen molar-refractivity contribution in [2.45, 2.75) is 83.1 Å². The molecule has 2 amide bonds. The minimum absolute atomic E-state index is 0.0135. The average Bonchev–Trinajstić information content (AvgIpc) is 3.08. The number of fused-ring (bicyclic) bond motifs is 2. The van der Waals surface area contributed by atoms with Gasteiger partial charge in [0.2, 0.25) is 5.91 Å². The van der Waals surface area contributed by atoms with Crippen molar-refractivity contribution >= 4 is 17.6 Å². The Morgan fingerprint density at radius 1 is 1.03 bits per heavy atom. The molecule has 37 heavy (non-hydrogen) atoms. The number of nitrogens with one attached hydrogen (secondary N) is 1. The smallest absolute Gasteiger partial charge is 0.254 e. The van der Waals surface area contributed by atoms with Gasteiger partial charge in [0.15, 0.2) is 5.78 Å². The number of amides is 2. The molecule has 6 fully saturated rings. The number of Topliss-reactive ketones (excluding diaryl/α,β-unsaturated/α-hetero) is 1. The standard InChI is InChI=1S/C31H39FN2O3/c1-18(2)28(35)27(20-7-4-3-5-8-20)33-29(36)24-10-6-9-23(26(24)32)25-21-11-12-22(25)17-34(16-21)30(37)31-13-19(14-31)15-31/h6,9-10,19-22,25,27H,1,3-5,7-8,11-17H2,2H3,(H,33,36)/t19?,21-,22?,25?,27-,31?/m1/s1. The van der Waals surface area contributed by atoms with Gasteiger partial charge in [-0.1, -0.05) is 38.0 Å². The number of hydrogen-bond donors (Lipinski definition) is 1. The van der Waals surface area contributed by atoms with E-state index in [0.717, 1.165) is 70.1 Å². The normalized spacial score (nSPS) is 33.2. The van der Waals surface area contributed by atoms with Gasteiger partial charge in [-0.3, -0.25) is 14.4 Å². The summed E-state index contributed by atoms with van der Waals surface area (Å²) < 4.78 is 16.0. The van der Waals surface area contributed by atoms with E-state index in [1.165, 1.54) is 6.07 Å². The van der Waals surface area contributed by atoms with E-state index < -0.39 is 17.8 Å². The number of hydrogen-bond acceptors (Lipinski definition) is 3. The van der Waals surface area contributed by atoms with E-state index in [4.69, 9.17) is 0 Å². The molecular weight excluding hydrogens is 467 g/mol. The fraction of sp³-hybridized carbons (Fsp3) is 0.645. The van der Waals surface area contributed by atoms with Crippen molar-refractivity contribution in [3.8, 4) is 0 Å². The maximum Gasteiger partial charge on any atom is 0.254 e. The average molecular weight is 507 g/mol. The number of ketones is 1. The van der Waals surface area contributed by atoms with Crippen molar-refractivity contribution in [1.82, 2.24) is 10.2 Å². The van der Waals surface area contributed by atoms with E-state index in [1.54, 1.807) is 13.0 Å². The van der Waals surface area contributed by atoms with Crippen LogP contribution >= 0.6 is 0 Å². The van der Waals surface area contributed by atoms with E-state index in [1.807, 2.05) is 6.07 Å². The number of halogens is 1. The van der Waals surface area contributed by atoms with Crippen LogP contribution in [0.1, 0.15) is 93.0 Å². The quantitative estimate of drug-likeness (QED) is 0.504. The van der Waals surface area contributed by atoms with Crippen molar-refractivity contribution < 1.29 is 18.8 Å². The van der Waals surface area contributed by atoms with Gasteiger partial charge in [-0.2, -0.15) is 0 Å². The molecule has 4 bridgehead atoms. The first-order valence-corrected chi connectivity index (χ1v) is 14.4. The number of nitrogens with zero attached hydrogens (tertiary/aromatic N) is 1. The molecule has 0 spiro atoms. The Bertz CT molecular complexity index is 1110. The fourth-order valence-electron chi connectivity index (χ4n) is 8.30. The predicted octanol–water partition coefficient (Wildman–Crippen LogP) is 5.40. The lowest BCUT2D eigenvalue weighted by molar-refractivity contribution is -0.179. The molecule has 5 saturated carbocycles. The van der Waals surface area contributed by atoms with Gasteiger partial charge in [0.25, 0.3) is 5.91 Å². The third-order valence-electron chi connectivity index (χ3n) is 10.4. The Morgan fingerprint density at radius 2 is 1.68 bits per heavy atom. The molecule has 0 radical (unpaired) electrons. The number of likely N-dealkylation sites (tertiary alicyclic amines) is 1. The monoisotopic (exact) mass is 506 g/mol. The Labute approximate surface area is 219 Å². The van der Waals surface area contributed by atoms with Crippen molar-refractivity contribution in [3.63, 3.8) is 0 Å². The summed E-state index contributed by atoms with van der Waals surface area (Å²) in [6.45, 7) is 6.87. The van der Waals surface area contributed by atoms with Gasteiger partial charge < -0.3 is 10.2 Å². The van der Waals surface area contributed by atoms with Gasteiger partial charge in [0.05, 0.1) is 17.0 Å². The van der Waals surface area contributed by atoms with Gasteiger partial charge >= 0.3 is 0 Å². The molecule has 1 aromatic rings. The lowest BCUT2D eigenvalue weighted by Gasteiger charge is -2.61. The molecule has 5 nitrogen and oxygen atoms in total. The second-order valence-electron chi connectivity index (χ2n) is 12.8. The van der Waals surface area contributed by atoms with Crippen LogP contribution in [-0.2, 0) is 9.59 Å². The van der Waals surface area contributed by atoms with Gasteiger partial charge in [-0.25, -0.2) is 4.39 Å². The zero-order chi connectivity index (χ0) is 25.9. The number of carbonyl (C=O) groups excluding carboxylic acids is 3. The molecule has 1 saturated heterocycles. The molecule has 1 N–H and O–H groups in total. The Kier molecular flexibility index (Phi) is 6.27. The largest absolute Gasteiger partial charge is 0.342 e. The molecular formula is C31H39FN2O3. The molecule has 6 heteroatoms. The van der Waals surface area contributed by atoms with Gasteiger partial charge in [0, 0.05) is 13.1 Å². The maximum absolute atomic E-state index is 16.0. The second-order valence-corrected chi connectivity index (χ2v) is 12.8. The lowest BCUT2D eigenvalue weighted by Crippen LogP contribution is -2.62. The first kappa shape index (κ1) is 24.8. The summed E-state index contributed by atoms with van der Waals surface area (Å²) in [5.74, 6) is 0.489. The predicted molar refractivity (Wildman–Crippen MR) is 139 cm³/mol. The zero-order valence-corrected chi connectivity index (χ0v) is 21.9. The Balaban J connectivity index is 1.20. The summed E-state index contributed by atoms with van der Waals surface area (Å²) in [4.78, 5) is 41.6. The van der Waals surface area contributed by atoms with Crippen LogP contribution in [0.4, 0.5) is 4.39 Å². The Morgan fingerprint density at radius 3 is 2.24 bits per heavy atom. The van der Waals surface area contributed by atoms with Crippen molar-refractivity contribution in [2.75, 3.05) is 13.1 Å². The van der Waals surface area contributed by atoms with Crippen molar-refractivity contribution in [1.29, 1.82) is 0 Å². The lowest BCUT2D eigenvalue weighted by atomic mass is 9.44. The van der Waals surface area contributed by atoms with Crippen molar-refractivity contribution in [2.24, 2.45) is 29.1 Å². The van der Waals surface area contributed by atoms with E-state index in [0.29, 0.717) is 30.1 Å². The molecule has 1 aromatic carbocycles. The number of piperidine rings is 1. The summed E-state index contributed by atoms with van der Waals surface area (Å²) in [5, 5.41) is 2.91. The van der Waals surface area contributed by atoms with E-state index in [2.05, 4.69) is 16.8 Å². The van der Waals surface area contributed by atoms with Crippen molar-refractivity contribution in [3.05, 3.63) is 47.3 Å². The summed E-state index contributed by atoms with van der Waals surface area (Å²) in [6, 6.07) is 4.46. The van der Waals surface area contributed by atoms with Gasteiger partial charge in [-0.05, 0) is 98.7 Å². The van der Waals surface area contributed by atoms with Crippen LogP contribution in [-0.4, -0.2) is 41.6 Å². The van der Waals surface area contributed by atoms with Crippen LogP contribution < -0.4 is 5.32 Å². The number of rotatable bonds is 7. The maximum atomic E-state index is 16.0. The molecule has 5 aliphatic carbocycles. The SMILES string of the molecule is C=C(C)C(=O)[C@H](NC(=O)c1cccc(C2C3CC[C@@H]2CN(C(=O)C24CC(C2)C4)C3)c1F)C1CCCCC1. The Hall–Kier alpha value is -2.50. The highest BCUT2D eigenvalue weighted by Crippen LogP contribution is 2.65. The van der Waals surface area contributed by atoms with E-state index in [-0.39, 0.29) is 40.4 Å². The summed E-state index contributed by atoms with van der Waals surface area (Å²) in [5.41, 5.74) is 0.954. The molecule has 198 valence electrons. The minimum Gasteiger partial charge on any atom is -0.342 e. The molecule has 1 aliphatic heterocycles. The summed E-state index contributed by atoms with van der Waals surface area (Å²) in [7, 11) is 0. The van der Waals surface area contributed by atoms with Crippen LogP contribution in [0.3, 0.4) is 0 Å². The fourth-order valence-corrected chi connectivity index (χ4v) is 8.30. The first-order chi connectivity index (χ1) is 17.8. The van der Waals surface area contributed by atoms with Crippen LogP contribution in [0.2, 0.25) is 0 Å². The van der Waals surface area contributed by atoms with Crippen LogP contribution in [0, 0.1) is 34.9 Å². The highest BCUT2D eigenvalue weighted by Gasteiger charge is 2.63. The highest BCUT2D eigenvalue weighted by atomic mass is 19.1. The number of carbonyl (C=O) groups is 3.